The molecule has 1 aliphatic heterocycles. The Morgan fingerprint density at radius 2 is 1.73 bits per heavy atom. The summed E-state index contributed by atoms with van der Waals surface area (Å²) in [4.78, 5) is 35.2. The molecule has 2 aromatic rings. The average molecular weight is 371 g/mol. The third kappa shape index (κ3) is 3.32. The Morgan fingerprint density at radius 3 is 2.35 bits per heavy atom. The molecule has 6 nitrogen and oxygen atoms in total. The number of hydrogen-bond donors (Lipinski definition) is 2. The Hall–Kier alpha value is -3.12. The number of hydrogen-bond acceptors (Lipinski definition) is 4. The third-order valence-corrected chi connectivity index (χ3v) is 4.27. The number of nitrogens with one attached hydrogen (secondary N) is 2. The average Bonchev–Trinajstić information content (AvgIpc) is 2.95. The van der Waals surface area contributed by atoms with Crippen LogP contribution < -0.4 is 10.6 Å². The van der Waals surface area contributed by atoms with Gasteiger partial charge in [0.2, 0.25) is 5.91 Å². The van der Waals surface area contributed by atoms with Crippen LogP contribution in [0.25, 0.3) is 10.6 Å². The molecule has 0 aliphatic carbocycles. The van der Waals surface area contributed by atoms with Gasteiger partial charge in [-0.2, -0.15) is 0 Å². The van der Waals surface area contributed by atoms with E-state index < -0.39 is 5.97 Å². The van der Waals surface area contributed by atoms with E-state index in [0.29, 0.717) is 28.1 Å². The molecule has 2 amide bonds. The molecule has 0 spiro atoms. The first kappa shape index (κ1) is 17.7. The molecule has 0 atom stereocenters. The van der Waals surface area contributed by atoms with Gasteiger partial charge in [0, 0.05) is 23.9 Å². The normalized spacial score (nSPS) is 14.3. The van der Waals surface area contributed by atoms with Gasteiger partial charge in [0.05, 0.1) is 23.3 Å². The lowest BCUT2D eigenvalue weighted by Gasteiger charge is -2.07. The predicted octanol–water partition coefficient (Wildman–Crippen LogP) is 3.49. The second-order valence-electron chi connectivity index (χ2n) is 5.65. The van der Waals surface area contributed by atoms with Gasteiger partial charge in [-0.05, 0) is 35.9 Å². The summed E-state index contributed by atoms with van der Waals surface area (Å²) in [6.07, 6.45) is 0. The van der Waals surface area contributed by atoms with E-state index in [-0.39, 0.29) is 22.4 Å². The number of carbonyl (C=O) groups is 3. The molecule has 0 saturated carbocycles. The standard InChI is InChI=1S/C19H15ClN2O4/c1-10(23)21-13-6-3-11(4-7-13)17(20)16-14-9-12(19(25)26-2)5-8-15(14)22-18(16)24/h3-9H,1-2H3,(H,21,23)(H,22,24)/b17-16-. The van der Waals surface area contributed by atoms with Crippen molar-refractivity contribution < 1.29 is 19.1 Å². The van der Waals surface area contributed by atoms with Gasteiger partial charge in [0.25, 0.3) is 5.91 Å². The number of carbonyl (C=O) groups excluding carboxylic acids is 3. The lowest BCUT2D eigenvalue weighted by molar-refractivity contribution is -0.114. The van der Waals surface area contributed by atoms with Crippen molar-refractivity contribution in [3.05, 3.63) is 59.2 Å². The summed E-state index contributed by atoms with van der Waals surface area (Å²) >= 11 is 6.47. The van der Waals surface area contributed by atoms with Crippen molar-refractivity contribution in [2.24, 2.45) is 0 Å². The molecule has 1 heterocycles. The van der Waals surface area contributed by atoms with Crippen LogP contribution in [0.5, 0.6) is 0 Å². The van der Waals surface area contributed by atoms with Gasteiger partial charge in [-0.15, -0.1) is 0 Å². The number of esters is 1. The van der Waals surface area contributed by atoms with Crippen molar-refractivity contribution in [2.75, 3.05) is 17.7 Å². The molecule has 0 saturated heterocycles. The fraction of sp³-hybridized carbons (Fsp3) is 0.105. The first-order valence-corrected chi connectivity index (χ1v) is 8.10. The molecule has 132 valence electrons. The number of halogens is 1. The van der Waals surface area contributed by atoms with Crippen molar-refractivity contribution in [2.45, 2.75) is 6.92 Å². The van der Waals surface area contributed by atoms with E-state index >= 15 is 0 Å². The van der Waals surface area contributed by atoms with Crippen molar-refractivity contribution in [1.29, 1.82) is 0 Å². The van der Waals surface area contributed by atoms with E-state index in [4.69, 9.17) is 16.3 Å². The number of fused-ring (bicyclic) bond motifs is 1. The van der Waals surface area contributed by atoms with Gasteiger partial charge in [0.1, 0.15) is 0 Å². The maximum atomic E-state index is 12.4. The SMILES string of the molecule is COC(=O)c1ccc2c(c1)/C(=C(/Cl)c1ccc(NC(C)=O)cc1)C(=O)N2. The highest BCUT2D eigenvalue weighted by Gasteiger charge is 2.28. The second kappa shape index (κ2) is 7.01. The van der Waals surface area contributed by atoms with Gasteiger partial charge in [-0.25, -0.2) is 4.79 Å². The zero-order chi connectivity index (χ0) is 18.8. The van der Waals surface area contributed by atoms with Crippen molar-refractivity contribution in [3.8, 4) is 0 Å². The maximum absolute atomic E-state index is 12.4. The highest BCUT2D eigenvalue weighted by Crippen LogP contribution is 2.39. The maximum Gasteiger partial charge on any atom is 0.337 e. The fourth-order valence-corrected chi connectivity index (χ4v) is 2.99. The third-order valence-electron chi connectivity index (χ3n) is 3.86. The van der Waals surface area contributed by atoms with E-state index in [2.05, 4.69) is 10.6 Å². The largest absolute Gasteiger partial charge is 0.465 e. The Labute approximate surface area is 154 Å². The van der Waals surface area contributed by atoms with Gasteiger partial charge in [-0.3, -0.25) is 9.59 Å². The molecule has 0 fully saturated rings. The molecular weight excluding hydrogens is 356 g/mol. The van der Waals surface area contributed by atoms with Crippen LogP contribution in [-0.4, -0.2) is 24.9 Å². The molecule has 0 aromatic heterocycles. The minimum atomic E-state index is -0.498. The minimum absolute atomic E-state index is 0.179. The summed E-state index contributed by atoms with van der Waals surface area (Å²) < 4.78 is 4.72. The van der Waals surface area contributed by atoms with Crippen LogP contribution in [0.3, 0.4) is 0 Å². The molecular formula is C19H15ClN2O4. The first-order valence-electron chi connectivity index (χ1n) is 7.72. The highest BCUT2D eigenvalue weighted by molar-refractivity contribution is 6.59. The van der Waals surface area contributed by atoms with Crippen molar-refractivity contribution in [1.82, 2.24) is 0 Å². The Bertz CT molecular complexity index is 949. The molecule has 26 heavy (non-hydrogen) atoms. The highest BCUT2D eigenvalue weighted by atomic mass is 35.5. The number of methoxy groups -OCH3 is 1. The molecule has 0 radical (unpaired) electrons. The monoisotopic (exact) mass is 370 g/mol. The molecule has 0 bridgehead atoms. The van der Waals surface area contributed by atoms with E-state index in [1.165, 1.54) is 14.0 Å². The first-order chi connectivity index (χ1) is 12.4. The summed E-state index contributed by atoms with van der Waals surface area (Å²) in [6, 6.07) is 11.6. The smallest absolute Gasteiger partial charge is 0.337 e. The number of anilines is 2. The zero-order valence-corrected chi connectivity index (χ0v) is 14.8. The Morgan fingerprint density at radius 1 is 1.08 bits per heavy atom. The Balaban J connectivity index is 2.04. The van der Waals surface area contributed by atoms with Gasteiger partial charge in [0.15, 0.2) is 0 Å². The number of ether oxygens (including phenoxy) is 1. The van der Waals surface area contributed by atoms with Crippen LogP contribution in [0.1, 0.15) is 28.4 Å². The summed E-state index contributed by atoms with van der Waals surface area (Å²) in [5.74, 6) is -1.03. The van der Waals surface area contributed by atoms with E-state index in [1.807, 2.05) is 0 Å². The van der Waals surface area contributed by atoms with Crippen molar-refractivity contribution in [3.63, 3.8) is 0 Å². The molecule has 2 N–H and O–H groups in total. The van der Waals surface area contributed by atoms with Gasteiger partial charge >= 0.3 is 5.97 Å². The Kier molecular flexibility index (Phi) is 4.77. The summed E-state index contributed by atoms with van der Waals surface area (Å²) in [5.41, 5.74) is 2.95. The zero-order valence-electron chi connectivity index (χ0n) is 14.1. The quantitative estimate of drug-likeness (QED) is 0.639. The van der Waals surface area contributed by atoms with Gasteiger partial charge in [-0.1, -0.05) is 23.7 Å². The van der Waals surface area contributed by atoms with Crippen LogP contribution >= 0.6 is 11.6 Å². The van der Waals surface area contributed by atoms with Gasteiger partial charge < -0.3 is 15.4 Å². The molecule has 1 aliphatic rings. The van der Waals surface area contributed by atoms with E-state index in [9.17, 15) is 14.4 Å². The second-order valence-corrected chi connectivity index (χ2v) is 6.03. The predicted molar refractivity (Wildman–Crippen MR) is 99.8 cm³/mol. The summed E-state index contributed by atoms with van der Waals surface area (Å²) in [6.45, 7) is 1.42. The molecule has 0 unspecified atom stereocenters. The number of rotatable bonds is 3. The molecule has 7 heteroatoms. The topological polar surface area (TPSA) is 84.5 Å². The van der Waals surface area contributed by atoms with Crippen LogP contribution in [0, 0.1) is 0 Å². The van der Waals surface area contributed by atoms with Crippen LogP contribution in [0.15, 0.2) is 42.5 Å². The fourth-order valence-electron chi connectivity index (χ4n) is 2.68. The van der Waals surface area contributed by atoms with E-state index in [1.54, 1.807) is 42.5 Å². The lowest BCUT2D eigenvalue weighted by atomic mass is 10.0. The van der Waals surface area contributed by atoms with Crippen LogP contribution in [0.2, 0.25) is 0 Å². The van der Waals surface area contributed by atoms with E-state index in [0.717, 1.165) is 0 Å². The summed E-state index contributed by atoms with van der Waals surface area (Å²) in [7, 11) is 1.29. The minimum Gasteiger partial charge on any atom is -0.465 e. The molecule has 2 aromatic carbocycles. The molecule has 3 rings (SSSR count). The van der Waals surface area contributed by atoms with Crippen molar-refractivity contribution >= 4 is 51.4 Å². The van der Waals surface area contributed by atoms with Crippen LogP contribution in [-0.2, 0) is 14.3 Å². The lowest BCUT2D eigenvalue weighted by Crippen LogP contribution is -2.06. The number of amides is 2. The summed E-state index contributed by atoms with van der Waals surface area (Å²) in [5, 5.41) is 5.64. The number of benzene rings is 2. The van der Waals surface area contributed by atoms with Crippen LogP contribution in [0.4, 0.5) is 11.4 Å².